The maximum Gasteiger partial charge on any atom is 0.245 e. The van der Waals surface area contributed by atoms with Crippen LogP contribution in [0.5, 0.6) is 5.75 Å². The predicted octanol–water partition coefficient (Wildman–Crippen LogP) is -2.12. The number of carbonyl (C=O) groups excluding carboxylic acids is 6. The molecule has 1 saturated heterocycles. The number of phenolic OH excluding ortho intramolecular Hbond substituents is 1. The van der Waals surface area contributed by atoms with Crippen molar-refractivity contribution in [3.63, 3.8) is 0 Å². The standard InChI is InChI=1S/C38H65N13O7/c1-5-22(4)30(35(57)48-27(31(40)53)19-21(2)3)50-33(55)28(20-23-12-14-24(52)15-13-23)49-34(56)29-11-8-18-51(29)36(58)26(10-7-17-46-38(43)44)47-32(54)25(39)9-6-16-45-37(41)42/h12-15,21-22,25-30,52H,5-11,16-20,39H2,1-4H3,(H2,40,53)(H,47,54)(H,48,57)(H,49,56)(H,50,55)(H4,41,42,45)(H4,43,44,46)/t22-,25+,26+,27+,28+,29+,30+/m1/s1. The van der Waals surface area contributed by atoms with Gasteiger partial charge in [-0.1, -0.05) is 46.2 Å². The van der Waals surface area contributed by atoms with Gasteiger partial charge in [0.2, 0.25) is 35.4 Å². The lowest BCUT2D eigenvalue weighted by Gasteiger charge is -2.31. The van der Waals surface area contributed by atoms with Gasteiger partial charge in [-0.3, -0.25) is 38.8 Å². The summed E-state index contributed by atoms with van der Waals surface area (Å²) >= 11 is 0. The van der Waals surface area contributed by atoms with Gasteiger partial charge in [-0.15, -0.1) is 0 Å². The Labute approximate surface area is 340 Å². The van der Waals surface area contributed by atoms with E-state index < -0.39 is 71.7 Å². The average molecular weight is 816 g/mol. The maximum atomic E-state index is 14.1. The van der Waals surface area contributed by atoms with Crippen LogP contribution >= 0.6 is 0 Å². The molecule has 1 aromatic carbocycles. The molecule has 1 heterocycles. The van der Waals surface area contributed by atoms with Gasteiger partial charge in [0.15, 0.2) is 11.9 Å². The lowest BCUT2D eigenvalue weighted by atomic mass is 9.96. The largest absolute Gasteiger partial charge is 0.508 e. The number of benzene rings is 1. The Kier molecular flexibility index (Phi) is 20.2. The number of aliphatic imine (C=N–C) groups is 2. The Morgan fingerprint density at radius 3 is 1.93 bits per heavy atom. The van der Waals surface area contributed by atoms with E-state index in [1.807, 2.05) is 20.8 Å². The number of amides is 6. The minimum absolute atomic E-state index is 0.000325. The molecule has 1 aliphatic heterocycles. The van der Waals surface area contributed by atoms with Gasteiger partial charge in [0.25, 0.3) is 0 Å². The Balaban J connectivity index is 2.36. The summed E-state index contributed by atoms with van der Waals surface area (Å²) in [6.07, 6.45) is 2.59. The molecule has 0 aliphatic carbocycles. The van der Waals surface area contributed by atoms with E-state index in [-0.39, 0.29) is 74.8 Å². The van der Waals surface area contributed by atoms with Crippen molar-refractivity contribution in [2.24, 2.45) is 56.2 Å². The molecule has 0 spiro atoms. The zero-order valence-corrected chi connectivity index (χ0v) is 34.1. The molecule has 1 fully saturated rings. The summed E-state index contributed by atoms with van der Waals surface area (Å²) in [5.74, 6) is -4.28. The maximum absolute atomic E-state index is 14.1. The number of primary amides is 1. The lowest BCUT2D eigenvalue weighted by molar-refractivity contribution is -0.142. The van der Waals surface area contributed by atoms with E-state index in [1.54, 1.807) is 19.1 Å². The molecule has 0 bridgehead atoms. The SMILES string of the molecule is CC[C@@H](C)[C@H](NC(=O)[C@H](Cc1ccc(O)cc1)NC(=O)[C@@H]1CCCN1C(=O)[C@H](CCCN=C(N)N)NC(=O)[C@@H](N)CCCN=C(N)N)C(=O)N[C@@H](CC(C)C)C(N)=O. The Morgan fingerprint density at radius 1 is 0.793 bits per heavy atom. The van der Waals surface area contributed by atoms with Gasteiger partial charge in [0, 0.05) is 26.1 Å². The highest BCUT2D eigenvalue weighted by molar-refractivity contribution is 5.97. The number of carbonyl (C=O) groups is 6. The molecule has 7 atom stereocenters. The Hall–Kier alpha value is -5.66. The molecule has 0 aromatic heterocycles. The second-order valence-electron chi connectivity index (χ2n) is 15.2. The number of nitrogens with zero attached hydrogens (tertiary/aromatic N) is 3. The smallest absolute Gasteiger partial charge is 0.245 e. The summed E-state index contributed by atoms with van der Waals surface area (Å²) in [4.78, 5) is 90.5. The Morgan fingerprint density at radius 2 is 1.38 bits per heavy atom. The molecule has 1 aromatic rings. The van der Waals surface area contributed by atoms with Crippen molar-refractivity contribution < 1.29 is 33.9 Å². The van der Waals surface area contributed by atoms with Crippen LogP contribution in [0.2, 0.25) is 0 Å². The van der Waals surface area contributed by atoms with Gasteiger partial charge < -0.3 is 65.7 Å². The van der Waals surface area contributed by atoms with Crippen molar-refractivity contribution in [1.82, 2.24) is 26.2 Å². The third kappa shape index (κ3) is 16.4. The van der Waals surface area contributed by atoms with E-state index >= 15 is 0 Å². The number of nitrogens with two attached hydrogens (primary N) is 6. The fourth-order valence-corrected chi connectivity index (χ4v) is 6.47. The minimum atomic E-state index is -1.23. The van der Waals surface area contributed by atoms with Crippen LogP contribution in [0.25, 0.3) is 0 Å². The van der Waals surface area contributed by atoms with Gasteiger partial charge >= 0.3 is 0 Å². The zero-order chi connectivity index (χ0) is 43.5. The summed E-state index contributed by atoms with van der Waals surface area (Å²) in [7, 11) is 0. The van der Waals surface area contributed by atoms with E-state index in [1.165, 1.54) is 17.0 Å². The van der Waals surface area contributed by atoms with Gasteiger partial charge in [0.05, 0.1) is 6.04 Å². The summed E-state index contributed by atoms with van der Waals surface area (Å²) in [6, 6.07) is -0.269. The van der Waals surface area contributed by atoms with E-state index in [0.717, 1.165) is 0 Å². The topological polar surface area (TPSA) is 355 Å². The molecule has 20 heteroatoms. The van der Waals surface area contributed by atoms with Gasteiger partial charge in [-0.25, -0.2) is 0 Å². The van der Waals surface area contributed by atoms with Gasteiger partial charge in [0.1, 0.15) is 36.0 Å². The molecule has 17 N–H and O–H groups in total. The number of phenols is 1. The molecule has 58 heavy (non-hydrogen) atoms. The van der Waals surface area contributed by atoms with E-state index in [9.17, 15) is 33.9 Å². The highest BCUT2D eigenvalue weighted by Crippen LogP contribution is 2.21. The van der Waals surface area contributed by atoms with Crippen molar-refractivity contribution >= 4 is 47.4 Å². The summed E-state index contributed by atoms with van der Waals surface area (Å²) in [6.45, 7) is 8.03. The highest BCUT2D eigenvalue weighted by Gasteiger charge is 2.40. The third-order valence-corrected chi connectivity index (χ3v) is 9.87. The fourth-order valence-electron chi connectivity index (χ4n) is 6.47. The molecule has 20 nitrogen and oxygen atoms in total. The molecule has 324 valence electrons. The summed E-state index contributed by atoms with van der Waals surface area (Å²) in [5, 5.41) is 20.9. The molecule has 0 radical (unpaired) electrons. The van der Waals surface area contributed by atoms with Crippen molar-refractivity contribution in [3.8, 4) is 5.75 Å². The lowest BCUT2D eigenvalue weighted by Crippen LogP contribution is -2.60. The van der Waals surface area contributed by atoms with Crippen LogP contribution in [-0.4, -0.2) is 113 Å². The number of hydrogen-bond donors (Lipinski definition) is 11. The van der Waals surface area contributed by atoms with Crippen molar-refractivity contribution in [3.05, 3.63) is 29.8 Å². The average Bonchev–Trinajstić information content (AvgIpc) is 3.66. The van der Waals surface area contributed by atoms with Gasteiger partial charge in [-0.05, 0) is 74.5 Å². The summed E-state index contributed by atoms with van der Waals surface area (Å²) < 4.78 is 0. The molecule has 0 unspecified atom stereocenters. The van der Waals surface area contributed by atoms with Crippen molar-refractivity contribution in [2.45, 2.75) is 122 Å². The first kappa shape index (κ1) is 48.5. The number of nitrogens with one attached hydrogen (secondary N) is 4. The number of aromatic hydroxyl groups is 1. The molecule has 2 rings (SSSR count). The molecule has 1 aliphatic rings. The molecule has 6 amide bonds. The van der Waals surface area contributed by atoms with Crippen LogP contribution < -0.4 is 55.7 Å². The predicted molar refractivity (Wildman–Crippen MR) is 220 cm³/mol. The van der Waals surface area contributed by atoms with Crippen molar-refractivity contribution in [2.75, 3.05) is 19.6 Å². The van der Waals surface area contributed by atoms with Crippen LogP contribution in [0.4, 0.5) is 0 Å². The van der Waals surface area contributed by atoms with Crippen LogP contribution in [0, 0.1) is 11.8 Å². The number of rotatable bonds is 24. The first-order valence-corrected chi connectivity index (χ1v) is 19.8. The number of hydrogen-bond acceptors (Lipinski definition) is 10. The molecule has 0 saturated carbocycles. The van der Waals surface area contributed by atoms with Crippen LogP contribution in [0.1, 0.15) is 84.6 Å². The van der Waals surface area contributed by atoms with Crippen LogP contribution in [0.3, 0.4) is 0 Å². The number of guanidine groups is 2. The Bertz CT molecular complexity index is 1600. The fraction of sp³-hybridized carbons (Fsp3) is 0.632. The zero-order valence-electron chi connectivity index (χ0n) is 34.1. The second-order valence-corrected chi connectivity index (χ2v) is 15.2. The quantitative estimate of drug-likeness (QED) is 0.0303. The normalized spacial score (nSPS) is 16.8. The second kappa shape index (κ2) is 24.2. The first-order chi connectivity index (χ1) is 27.3. The first-order valence-electron chi connectivity index (χ1n) is 19.8. The third-order valence-electron chi connectivity index (χ3n) is 9.87. The summed E-state index contributed by atoms with van der Waals surface area (Å²) in [5.41, 5.74) is 34.0. The van der Waals surface area contributed by atoms with E-state index in [2.05, 4.69) is 31.3 Å². The van der Waals surface area contributed by atoms with Crippen molar-refractivity contribution in [1.29, 1.82) is 0 Å². The van der Waals surface area contributed by atoms with Crippen LogP contribution in [0.15, 0.2) is 34.3 Å². The molecular formula is C38H65N13O7. The van der Waals surface area contributed by atoms with Crippen LogP contribution in [-0.2, 0) is 35.2 Å². The van der Waals surface area contributed by atoms with Gasteiger partial charge in [-0.2, -0.15) is 0 Å². The monoisotopic (exact) mass is 816 g/mol. The number of likely N-dealkylation sites (tertiary alicyclic amines) is 1. The highest BCUT2D eigenvalue weighted by atomic mass is 16.3. The van der Waals surface area contributed by atoms with E-state index in [0.29, 0.717) is 37.7 Å². The van der Waals surface area contributed by atoms with E-state index in [4.69, 9.17) is 34.4 Å². The molecular weight excluding hydrogens is 751 g/mol. The minimum Gasteiger partial charge on any atom is -0.508 e.